The molecule has 0 amide bonds. The first kappa shape index (κ1) is 15.2. The van der Waals surface area contributed by atoms with Crippen molar-refractivity contribution in [3.8, 4) is 0 Å². The molecular formula is C19H21N3O. The van der Waals surface area contributed by atoms with Crippen LogP contribution in [0.4, 0.5) is 5.69 Å². The number of ether oxygens (including phenoxy) is 1. The third-order valence-corrected chi connectivity index (χ3v) is 3.84. The van der Waals surface area contributed by atoms with Crippen molar-refractivity contribution in [3.05, 3.63) is 70.6 Å². The fraction of sp³-hybridized carbons (Fsp3) is 0.211. The number of nitrogen functional groups attached to an aromatic ring is 1. The van der Waals surface area contributed by atoms with E-state index in [0.29, 0.717) is 19.0 Å². The third-order valence-electron chi connectivity index (χ3n) is 3.84. The van der Waals surface area contributed by atoms with Crippen LogP contribution in [0.5, 0.6) is 0 Å². The molecule has 0 aromatic heterocycles. The number of benzene rings is 2. The monoisotopic (exact) mass is 307 g/mol. The van der Waals surface area contributed by atoms with Crippen molar-refractivity contribution in [1.82, 2.24) is 5.32 Å². The zero-order valence-corrected chi connectivity index (χ0v) is 13.5. The maximum Gasteiger partial charge on any atom is 0.214 e. The normalized spacial score (nSPS) is 13.8. The molecule has 0 bridgehead atoms. The molecule has 0 aliphatic carbocycles. The van der Waals surface area contributed by atoms with Crippen LogP contribution in [0.1, 0.15) is 22.3 Å². The maximum atomic E-state index is 6.01. The standard InChI is InChI=1S/C19H21N3O/c1-13-3-4-16(14(2)11-13)12-23-19-18(21-9-10-22-19)15-5-7-17(20)8-6-15/h3-9,11,22H,10,12,20H2,1-2H3. The summed E-state index contributed by atoms with van der Waals surface area (Å²) in [6.45, 7) is 5.38. The molecule has 0 spiro atoms. The van der Waals surface area contributed by atoms with Gasteiger partial charge in [0.15, 0.2) is 0 Å². The third kappa shape index (κ3) is 3.54. The van der Waals surface area contributed by atoms with E-state index in [0.717, 1.165) is 16.9 Å². The van der Waals surface area contributed by atoms with Gasteiger partial charge in [0.1, 0.15) is 12.3 Å². The van der Waals surface area contributed by atoms with E-state index in [1.165, 1.54) is 16.7 Å². The fourth-order valence-electron chi connectivity index (χ4n) is 2.54. The Morgan fingerprint density at radius 2 is 1.91 bits per heavy atom. The van der Waals surface area contributed by atoms with Crippen LogP contribution in [0.15, 0.2) is 53.3 Å². The summed E-state index contributed by atoms with van der Waals surface area (Å²) in [6.07, 6.45) is 1.84. The SMILES string of the molecule is Cc1ccc(COC2=C(c3ccc(N)cc3)N=CCN2)c(C)c1. The highest BCUT2D eigenvalue weighted by molar-refractivity contribution is 5.78. The Morgan fingerprint density at radius 3 is 2.65 bits per heavy atom. The number of aryl methyl sites for hydroxylation is 2. The van der Waals surface area contributed by atoms with E-state index in [1.807, 2.05) is 30.5 Å². The predicted octanol–water partition coefficient (Wildman–Crippen LogP) is 3.40. The second-order valence-electron chi connectivity index (χ2n) is 5.71. The summed E-state index contributed by atoms with van der Waals surface area (Å²) in [5.74, 6) is 0.706. The van der Waals surface area contributed by atoms with Gasteiger partial charge in [-0.15, -0.1) is 0 Å². The highest BCUT2D eigenvalue weighted by atomic mass is 16.5. The molecule has 2 aromatic carbocycles. The van der Waals surface area contributed by atoms with Crippen LogP contribution in [-0.4, -0.2) is 12.8 Å². The van der Waals surface area contributed by atoms with Crippen LogP contribution in [0, 0.1) is 13.8 Å². The van der Waals surface area contributed by atoms with E-state index < -0.39 is 0 Å². The molecule has 1 heterocycles. The van der Waals surface area contributed by atoms with Gasteiger partial charge in [0.05, 0.1) is 6.54 Å². The molecular weight excluding hydrogens is 286 g/mol. The molecule has 1 aliphatic heterocycles. The number of nitrogens with one attached hydrogen (secondary N) is 1. The molecule has 0 fully saturated rings. The molecule has 4 nitrogen and oxygen atoms in total. The van der Waals surface area contributed by atoms with Crippen molar-refractivity contribution in [2.45, 2.75) is 20.5 Å². The van der Waals surface area contributed by atoms with Gasteiger partial charge in [-0.2, -0.15) is 0 Å². The number of rotatable bonds is 4. The fourth-order valence-corrected chi connectivity index (χ4v) is 2.54. The number of nitrogens with two attached hydrogens (primary N) is 1. The highest BCUT2D eigenvalue weighted by Gasteiger charge is 2.13. The van der Waals surface area contributed by atoms with Gasteiger partial charge in [0, 0.05) is 17.5 Å². The molecule has 0 atom stereocenters. The minimum absolute atomic E-state index is 0.516. The Balaban J connectivity index is 1.83. The van der Waals surface area contributed by atoms with Gasteiger partial charge in [0.2, 0.25) is 5.88 Å². The summed E-state index contributed by atoms with van der Waals surface area (Å²) in [5.41, 5.74) is 11.9. The molecule has 0 radical (unpaired) electrons. The van der Waals surface area contributed by atoms with Crippen LogP contribution in [0.25, 0.3) is 5.70 Å². The molecule has 0 unspecified atom stereocenters. The number of hydrogen-bond acceptors (Lipinski definition) is 4. The highest BCUT2D eigenvalue weighted by Crippen LogP contribution is 2.23. The van der Waals surface area contributed by atoms with E-state index in [2.05, 4.69) is 42.4 Å². The van der Waals surface area contributed by atoms with Crippen molar-refractivity contribution >= 4 is 17.6 Å². The van der Waals surface area contributed by atoms with Crippen LogP contribution in [-0.2, 0) is 11.3 Å². The summed E-state index contributed by atoms with van der Waals surface area (Å²) in [6, 6.07) is 14.0. The Bertz CT molecular complexity index is 761. The minimum atomic E-state index is 0.516. The van der Waals surface area contributed by atoms with Crippen LogP contribution >= 0.6 is 0 Å². The first-order valence-electron chi connectivity index (χ1n) is 7.69. The smallest absolute Gasteiger partial charge is 0.214 e. The summed E-state index contributed by atoms with van der Waals surface area (Å²) >= 11 is 0. The van der Waals surface area contributed by atoms with Gasteiger partial charge in [0.25, 0.3) is 0 Å². The quantitative estimate of drug-likeness (QED) is 0.851. The molecule has 0 saturated heterocycles. The summed E-state index contributed by atoms with van der Waals surface area (Å²) in [7, 11) is 0. The Kier molecular flexibility index (Phi) is 4.33. The Labute approximate surface area is 136 Å². The molecule has 0 saturated carbocycles. The van der Waals surface area contributed by atoms with Crippen molar-refractivity contribution in [2.75, 3.05) is 12.3 Å². The Hall–Kier alpha value is -2.75. The van der Waals surface area contributed by atoms with Crippen LogP contribution in [0.2, 0.25) is 0 Å². The average molecular weight is 307 g/mol. The summed E-state index contributed by atoms with van der Waals surface area (Å²) in [5, 5.41) is 3.26. The van der Waals surface area contributed by atoms with Crippen molar-refractivity contribution in [1.29, 1.82) is 0 Å². The second kappa shape index (κ2) is 6.57. The van der Waals surface area contributed by atoms with Crippen molar-refractivity contribution in [2.24, 2.45) is 4.99 Å². The van der Waals surface area contributed by atoms with Gasteiger partial charge in [-0.3, -0.25) is 4.99 Å². The van der Waals surface area contributed by atoms with E-state index in [-0.39, 0.29) is 0 Å². The zero-order valence-electron chi connectivity index (χ0n) is 13.5. The van der Waals surface area contributed by atoms with Gasteiger partial charge in [-0.1, -0.05) is 35.9 Å². The van der Waals surface area contributed by atoms with Crippen molar-refractivity contribution < 1.29 is 4.74 Å². The molecule has 4 heteroatoms. The van der Waals surface area contributed by atoms with Crippen LogP contribution < -0.4 is 11.1 Å². The molecule has 118 valence electrons. The molecule has 2 aromatic rings. The van der Waals surface area contributed by atoms with Gasteiger partial charge < -0.3 is 15.8 Å². The lowest BCUT2D eigenvalue weighted by molar-refractivity contribution is 0.180. The first-order chi connectivity index (χ1) is 11.1. The van der Waals surface area contributed by atoms with Crippen LogP contribution in [0.3, 0.4) is 0 Å². The van der Waals surface area contributed by atoms with Gasteiger partial charge in [-0.25, -0.2) is 0 Å². The number of nitrogens with zero attached hydrogens (tertiary/aromatic N) is 1. The minimum Gasteiger partial charge on any atom is -0.473 e. The molecule has 3 rings (SSSR count). The molecule has 1 aliphatic rings. The number of anilines is 1. The summed E-state index contributed by atoms with van der Waals surface area (Å²) in [4.78, 5) is 4.49. The lowest BCUT2D eigenvalue weighted by atomic mass is 10.1. The second-order valence-corrected chi connectivity index (χ2v) is 5.71. The summed E-state index contributed by atoms with van der Waals surface area (Å²) < 4.78 is 6.01. The Morgan fingerprint density at radius 1 is 1.13 bits per heavy atom. The first-order valence-corrected chi connectivity index (χ1v) is 7.69. The number of hydrogen-bond donors (Lipinski definition) is 2. The number of aliphatic imine (C=N–C) groups is 1. The zero-order chi connectivity index (χ0) is 16.2. The maximum absolute atomic E-state index is 6.01. The van der Waals surface area contributed by atoms with Gasteiger partial charge in [-0.05, 0) is 37.1 Å². The topological polar surface area (TPSA) is 59.6 Å². The largest absolute Gasteiger partial charge is 0.473 e. The van der Waals surface area contributed by atoms with E-state index >= 15 is 0 Å². The predicted molar refractivity (Wildman–Crippen MR) is 95.0 cm³/mol. The van der Waals surface area contributed by atoms with E-state index in [1.54, 1.807) is 0 Å². The lowest BCUT2D eigenvalue weighted by Gasteiger charge is -2.19. The van der Waals surface area contributed by atoms with E-state index in [9.17, 15) is 0 Å². The molecule has 23 heavy (non-hydrogen) atoms. The molecule has 3 N–H and O–H groups in total. The van der Waals surface area contributed by atoms with Crippen molar-refractivity contribution in [3.63, 3.8) is 0 Å². The lowest BCUT2D eigenvalue weighted by Crippen LogP contribution is -2.23. The average Bonchev–Trinajstić information content (AvgIpc) is 2.55. The van der Waals surface area contributed by atoms with Gasteiger partial charge >= 0.3 is 0 Å². The van der Waals surface area contributed by atoms with E-state index in [4.69, 9.17) is 10.5 Å².